The molecule has 17 heavy (non-hydrogen) atoms. The van der Waals surface area contributed by atoms with Crippen molar-refractivity contribution in [1.29, 1.82) is 0 Å². The lowest BCUT2D eigenvalue weighted by atomic mass is 10.2. The molecule has 1 aromatic heterocycles. The predicted octanol–water partition coefficient (Wildman–Crippen LogP) is 1.92. The molecule has 0 aliphatic heterocycles. The topological polar surface area (TPSA) is 51.5 Å². The second-order valence-corrected chi connectivity index (χ2v) is 3.94. The van der Waals surface area contributed by atoms with Gasteiger partial charge in [0.1, 0.15) is 5.76 Å². The van der Waals surface area contributed by atoms with Crippen molar-refractivity contribution in [2.45, 2.75) is 19.8 Å². The van der Waals surface area contributed by atoms with Crippen molar-refractivity contribution in [3.8, 4) is 0 Å². The SMILES string of the molecule is C=C(C)COCCNC(=O)CCc1ccco1. The standard InChI is InChI=1S/C13H19NO3/c1-11(2)10-16-9-7-14-13(15)6-5-12-4-3-8-17-12/h3-4,8H,1,5-7,9-10H2,2H3,(H,14,15). The Morgan fingerprint density at radius 2 is 2.41 bits per heavy atom. The van der Waals surface area contributed by atoms with Crippen LogP contribution in [0.2, 0.25) is 0 Å². The van der Waals surface area contributed by atoms with Gasteiger partial charge in [-0.15, -0.1) is 0 Å². The van der Waals surface area contributed by atoms with Gasteiger partial charge in [-0.05, 0) is 19.1 Å². The number of hydrogen-bond donors (Lipinski definition) is 1. The zero-order valence-electron chi connectivity index (χ0n) is 10.2. The van der Waals surface area contributed by atoms with Crippen molar-refractivity contribution in [3.63, 3.8) is 0 Å². The van der Waals surface area contributed by atoms with E-state index < -0.39 is 0 Å². The van der Waals surface area contributed by atoms with Gasteiger partial charge in [-0.1, -0.05) is 12.2 Å². The lowest BCUT2D eigenvalue weighted by Crippen LogP contribution is -2.27. The van der Waals surface area contributed by atoms with Crippen LogP contribution in [0.1, 0.15) is 19.1 Å². The normalized spacial score (nSPS) is 10.2. The minimum absolute atomic E-state index is 0.0142. The Morgan fingerprint density at radius 1 is 1.59 bits per heavy atom. The van der Waals surface area contributed by atoms with Gasteiger partial charge in [0.15, 0.2) is 0 Å². The quantitative estimate of drug-likeness (QED) is 0.555. The van der Waals surface area contributed by atoms with Crippen LogP contribution in [-0.4, -0.2) is 25.7 Å². The summed E-state index contributed by atoms with van der Waals surface area (Å²) < 4.78 is 10.4. The Morgan fingerprint density at radius 3 is 3.06 bits per heavy atom. The molecule has 0 aliphatic rings. The molecule has 0 fully saturated rings. The average Bonchev–Trinajstić information content (AvgIpc) is 2.78. The first kappa shape index (κ1) is 13.5. The van der Waals surface area contributed by atoms with Crippen LogP contribution in [0.15, 0.2) is 35.0 Å². The number of aryl methyl sites for hydroxylation is 1. The van der Waals surface area contributed by atoms with E-state index >= 15 is 0 Å². The second-order valence-electron chi connectivity index (χ2n) is 3.94. The summed E-state index contributed by atoms with van der Waals surface area (Å²) in [5, 5.41) is 2.78. The third kappa shape index (κ3) is 6.58. The molecule has 1 heterocycles. The summed E-state index contributed by atoms with van der Waals surface area (Å²) in [6.07, 6.45) is 2.68. The predicted molar refractivity (Wildman–Crippen MR) is 65.7 cm³/mol. The van der Waals surface area contributed by atoms with E-state index in [1.165, 1.54) is 0 Å². The summed E-state index contributed by atoms with van der Waals surface area (Å²) in [4.78, 5) is 11.4. The third-order valence-electron chi connectivity index (χ3n) is 2.10. The maximum Gasteiger partial charge on any atom is 0.220 e. The van der Waals surface area contributed by atoms with Crippen molar-refractivity contribution in [2.24, 2.45) is 0 Å². The van der Waals surface area contributed by atoms with Gasteiger partial charge in [0.25, 0.3) is 0 Å². The smallest absolute Gasteiger partial charge is 0.220 e. The molecule has 0 bridgehead atoms. The Hall–Kier alpha value is -1.55. The lowest BCUT2D eigenvalue weighted by molar-refractivity contribution is -0.121. The molecule has 1 amide bonds. The summed E-state index contributed by atoms with van der Waals surface area (Å²) in [6, 6.07) is 3.68. The van der Waals surface area contributed by atoms with E-state index in [4.69, 9.17) is 9.15 Å². The first-order valence-electron chi connectivity index (χ1n) is 5.69. The van der Waals surface area contributed by atoms with Crippen LogP contribution in [-0.2, 0) is 16.0 Å². The number of nitrogens with one attached hydrogen (secondary N) is 1. The number of rotatable bonds is 8. The largest absolute Gasteiger partial charge is 0.469 e. The van der Waals surface area contributed by atoms with Crippen molar-refractivity contribution in [3.05, 3.63) is 36.3 Å². The Bertz CT molecular complexity index is 344. The van der Waals surface area contributed by atoms with Gasteiger partial charge < -0.3 is 14.5 Å². The summed E-state index contributed by atoms with van der Waals surface area (Å²) in [5.74, 6) is 0.846. The Balaban J connectivity index is 2.00. The molecule has 0 unspecified atom stereocenters. The maximum absolute atomic E-state index is 11.4. The van der Waals surface area contributed by atoms with Gasteiger partial charge in [0.05, 0.1) is 19.5 Å². The Labute approximate surface area is 102 Å². The number of furan rings is 1. The molecule has 0 saturated heterocycles. The van der Waals surface area contributed by atoms with Gasteiger partial charge in [0.2, 0.25) is 5.91 Å². The minimum atomic E-state index is 0.0142. The summed E-state index contributed by atoms with van der Waals surface area (Å²) >= 11 is 0. The molecule has 4 nitrogen and oxygen atoms in total. The maximum atomic E-state index is 11.4. The van der Waals surface area contributed by atoms with Gasteiger partial charge in [-0.3, -0.25) is 4.79 Å². The van der Waals surface area contributed by atoms with E-state index in [9.17, 15) is 4.79 Å². The second kappa shape index (κ2) is 7.68. The molecule has 0 spiro atoms. The molecule has 1 rings (SSSR count). The Kier molecular flexibility index (Phi) is 6.10. The van der Waals surface area contributed by atoms with E-state index in [-0.39, 0.29) is 5.91 Å². The van der Waals surface area contributed by atoms with Gasteiger partial charge in [-0.2, -0.15) is 0 Å². The van der Waals surface area contributed by atoms with Crippen LogP contribution < -0.4 is 5.32 Å². The molecule has 0 aliphatic carbocycles. The van der Waals surface area contributed by atoms with Crippen LogP contribution in [0.3, 0.4) is 0 Å². The summed E-state index contributed by atoms with van der Waals surface area (Å²) in [5.41, 5.74) is 0.981. The molecule has 94 valence electrons. The monoisotopic (exact) mass is 237 g/mol. The van der Waals surface area contributed by atoms with Crippen LogP contribution in [0.4, 0.5) is 0 Å². The highest BCUT2D eigenvalue weighted by Gasteiger charge is 2.02. The zero-order valence-corrected chi connectivity index (χ0v) is 10.2. The fourth-order valence-electron chi connectivity index (χ4n) is 1.29. The van der Waals surface area contributed by atoms with Crippen molar-refractivity contribution < 1.29 is 13.9 Å². The fourth-order valence-corrected chi connectivity index (χ4v) is 1.29. The number of hydrogen-bond acceptors (Lipinski definition) is 3. The van der Waals surface area contributed by atoms with E-state index in [0.717, 1.165) is 11.3 Å². The molecule has 0 aromatic carbocycles. The molecular formula is C13H19NO3. The lowest BCUT2D eigenvalue weighted by Gasteiger charge is -2.05. The van der Waals surface area contributed by atoms with E-state index in [0.29, 0.717) is 32.6 Å². The van der Waals surface area contributed by atoms with Crippen LogP contribution in [0.5, 0.6) is 0 Å². The fraction of sp³-hybridized carbons (Fsp3) is 0.462. The molecule has 0 atom stereocenters. The molecular weight excluding hydrogens is 218 g/mol. The molecule has 0 radical (unpaired) electrons. The first-order valence-corrected chi connectivity index (χ1v) is 5.69. The molecule has 1 aromatic rings. The van der Waals surface area contributed by atoms with Gasteiger partial charge in [-0.25, -0.2) is 0 Å². The number of amides is 1. The molecule has 1 N–H and O–H groups in total. The van der Waals surface area contributed by atoms with E-state index in [2.05, 4.69) is 11.9 Å². The van der Waals surface area contributed by atoms with E-state index in [1.807, 2.05) is 19.1 Å². The van der Waals surface area contributed by atoms with Gasteiger partial charge in [0, 0.05) is 19.4 Å². The average molecular weight is 237 g/mol. The van der Waals surface area contributed by atoms with Crippen molar-refractivity contribution in [2.75, 3.05) is 19.8 Å². The number of carbonyl (C=O) groups is 1. The highest BCUT2D eigenvalue weighted by atomic mass is 16.5. The molecule has 4 heteroatoms. The number of ether oxygens (including phenoxy) is 1. The first-order chi connectivity index (χ1) is 8.18. The number of carbonyl (C=O) groups excluding carboxylic acids is 1. The minimum Gasteiger partial charge on any atom is -0.469 e. The van der Waals surface area contributed by atoms with E-state index in [1.54, 1.807) is 6.26 Å². The summed E-state index contributed by atoms with van der Waals surface area (Å²) in [6.45, 7) is 7.22. The highest BCUT2D eigenvalue weighted by molar-refractivity contribution is 5.76. The van der Waals surface area contributed by atoms with Gasteiger partial charge >= 0.3 is 0 Å². The van der Waals surface area contributed by atoms with Crippen molar-refractivity contribution >= 4 is 5.91 Å². The highest BCUT2D eigenvalue weighted by Crippen LogP contribution is 2.02. The van der Waals surface area contributed by atoms with Crippen LogP contribution >= 0.6 is 0 Å². The third-order valence-corrected chi connectivity index (χ3v) is 2.10. The van der Waals surface area contributed by atoms with Crippen LogP contribution in [0, 0.1) is 0 Å². The summed E-state index contributed by atoms with van der Waals surface area (Å²) in [7, 11) is 0. The van der Waals surface area contributed by atoms with Crippen molar-refractivity contribution in [1.82, 2.24) is 5.32 Å². The van der Waals surface area contributed by atoms with Crippen LogP contribution in [0.25, 0.3) is 0 Å². The zero-order chi connectivity index (χ0) is 12.5. The molecule has 0 saturated carbocycles.